The van der Waals surface area contributed by atoms with Crippen molar-refractivity contribution in [2.45, 2.75) is 6.42 Å². The number of halogens is 3. The monoisotopic (exact) mass is 397 g/mol. The third-order valence-electron chi connectivity index (χ3n) is 3.34. The summed E-state index contributed by atoms with van der Waals surface area (Å²) in [6.45, 7) is 0.483. The van der Waals surface area contributed by atoms with Crippen LogP contribution in [0.3, 0.4) is 0 Å². The molecule has 124 valence electrons. The highest BCUT2D eigenvalue weighted by molar-refractivity contribution is 7.13. The van der Waals surface area contributed by atoms with E-state index in [0.717, 1.165) is 28.2 Å². The van der Waals surface area contributed by atoms with Crippen molar-refractivity contribution in [2.24, 2.45) is 0 Å². The number of hydrogen-bond acceptors (Lipinski definition) is 3. The summed E-state index contributed by atoms with van der Waals surface area (Å²) in [4.78, 5) is 4.68. The smallest absolute Gasteiger partial charge is 0.156 e. The Morgan fingerprint density at radius 2 is 1.71 bits per heavy atom. The first-order chi connectivity index (χ1) is 11.7. The Bertz CT molecular complexity index is 797. The summed E-state index contributed by atoms with van der Waals surface area (Å²) in [5.41, 5.74) is 2.80. The van der Waals surface area contributed by atoms with Crippen LogP contribution in [-0.2, 0) is 0 Å². The van der Waals surface area contributed by atoms with E-state index in [4.69, 9.17) is 39.5 Å². The van der Waals surface area contributed by atoms with E-state index >= 15 is 0 Å². The molecule has 1 heterocycles. The van der Waals surface area contributed by atoms with Crippen molar-refractivity contribution in [3.05, 3.63) is 57.9 Å². The van der Waals surface area contributed by atoms with Crippen LogP contribution >= 0.6 is 46.1 Å². The Balaban J connectivity index is 1.86. The van der Waals surface area contributed by atoms with E-state index in [0.29, 0.717) is 28.3 Å². The average Bonchev–Trinajstić information content (AvgIpc) is 3.08. The third kappa shape index (κ3) is 4.04. The molecule has 0 aliphatic carbocycles. The molecule has 0 aliphatic heterocycles. The van der Waals surface area contributed by atoms with E-state index in [9.17, 15) is 0 Å². The van der Waals surface area contributed by atoms with Crippen LogP contribution < -0.4 is 4.74 Å². The normalized spacial score (nSPS) is 10.8. The molecule has 1 aromatic heterocycles. The second-order valence-electron chi connectivity index (χ2n) is 5.06. The maximum atomic E-state index is 6.32. The lowest BCUT2D eigenvalue weighted by Crippen LogP contribution is -1.99. The van der Waals surface area contributed by atoms with Gasteiger partial charge in [-0.25, -0.2) is 4.98 Å². The lowest BCUT2D eigenvalue weighted by molar-refractivity contribution is 0.319. The summed E-state index contributed by atoms with van der Waals surface area (Å²) in [7, 11) is 0. The van der Waals surface area contributed by atoms with Gasteiger partial charge in [-0.2, -0.15) is 0 Å². The molecule has 0 saturated carbocycles. The summed E-state index contributed by atoms with van der Waals surface area (Å²) in [5.74, 6) is 1.03. The molecule has 0 N–H and O–H groups in total. The molecule has 24 heavy (non-hydrogen) atoms. The van der Waals surface area contributed by atoms with Gasteiger partial charge in [0.05, 0.1) is 22.3 Å². The number of hydrogen-bond donors (Lipinski definition) is 0. The molecule has 6 heteroatoms. The number of benzene rings is 2. The van der Waals surface area contributed by atoms with Crippen molar-refractivity contribution in [1.29, 1.82) is 0 Å². The fourth-order valence-electron chi connectivity index (χ4n) is 2.19. The van der Waals surface area contributed by atoms with Crippen LogP contribution in [-0.4, -0.2) is 17.5 Å². The van der Waals surface area contributed by atoms with Crippen LogP contribution in [0.2, 0.25) is 10.0 Å². The van der Waals surface area contributed by atoms with Crippen molar-refractivity contribution in [3.8, 4) is 27.6 Å². The Hall–Kier alpha value is -1.26. The zero-order valence-electron chi connectivity index (χ0n) is 12.6. The number of rotatable bonds is 6. The molecule has 3 aromatic rings. The molecular formula is C18H14Cl3NOS. The zero-order valence-corrected chi connectivity index (χ0v) is 15.7. The van der Waals surface area contributed by atoms with Gasteiger partial charge in [-0.1, -0.05) is 53.5 Å². The Labute approximate surface area is 160 Å². The summed E-state index contributed by atoms with van der Waals surface area (Å²) < 4.78 is 5.61. The Morgan fingerprint density at radius 3 is 2.38 bits per heavy atom. The van der Waals surface area contributed by atoms with Crippen LogP contribution in [0.15, 0.2) is 47.8 Å². The summed E-state index contributed by atoms with van der Waals surface area (Å²) in [5, 5.41) is 3.90. The predicted molar refractivity (Wildman–Crippen MR) is 104 cm³/mol. The second-order valence-corrected chi connectivity index (χ2v) is 7.11. The van der Waals surface area contributed by atoms with Gasteiger partial charge in [-0.15, -0.1) is 22.9 Å². The van der Waals surface area contributed by atoms with E-state index in [1.807, 2.05) is 47.8 Å². The molecule has 0 fully saturated rings. The number of nitrogens with zero attached hydrogens (tertiary/aromatic N) is 1. The van der Waals surface area contributed by atoms with Gasteiger partial charge >= 0.3 is 0 Å². The molecule has 0 aliphatic rings. The van der Waals surface area contributed by atoms with Crippen LogP contribution in [0.4, 0.5) is 0 Å². The standard InChI is InChI=1S/C18H14Cl3NOS/c19-7-4-8-23-17-14(20)9-13(10-15(17)21)16-11-24-18(22-16)12-5-2-1-3-6-12/h1-3,5-6,9-11H,4,7-8H2. The first kappa shape index (κ1) is 17.6. The lowest BCUT2D eigenvalue weighted by atomic mass is 10.1. The van der Waals surface area contributed by atoms with Crippen LogP contribution in [0, 0.1) is 0 Å². The molecular weight excluding hydrogens is 385 g/mol. The van der Waals surface area contributed by atoms with Gasteiger partial charge in [-0.3, -0.25) is 0 Å². The highest BCUT2D eigenvalue weighted by Gasteiger charge is 2.13. The first-order valence-corrected chi connectivity index (χ1v) is 9.55. The minimum absolute atomic E-state index is 0.473. The van der Waals surface area contributed by atoms with Crippen LogP contribution in [0.1, 0.15) is 6.42 Å². The maximum absolute atomic E-state index is 6.32. The Morgan fingerprint density at radius 1 is 1.00 bits per heavy atom. The molecule has 0 saturated heterocycles. The average molecular weight is 399 g/mol. The third-order valence-corrected chi connectivity index (χ3v) is 5.06. The van der Waals surface area contributed by atoms with Crippen LogP contribution in [0.25, 0.3) is 21.8 Å². The first-order valence-electron chi connectivity index (χ1n) is 7.38. The van der Waals surface area contributed by atoms with Crippen molar-refractivity contribution in [3.63, 3.8) is 0 Å². The SMILES string of the molecule is ClCCCOc1c(Cl)cc(-c2csc(-c3ccccc3)n2)cc1Cl. The largest absolute Gasteiger partial charge is 0.490 e. The molecule has 0 bridgehead atoms. The van der Waals surface area contributed by atoms with Crippen molar-refractivity contribution in [2.75, 3.05) is 12.5 Å². The van der Waals surface area contributed by atoms with Gasteiger partial charge < -0.3 is 4.74 Å². The molecule has 3 rings (SSSR count). The Kier molecular flexibility index (Phi) is 6.01. The van der Waals surface area contributed by atoms with Gasteiger partial charge in [-0.05, 0) is 18.6 Å². The van der Waals surface area contributed by atoms with Crippen LogP contribution in [0.5, 0.6) is 5.75 Å². The van der Waals surface area contributed by atoms with Crippen molar-refractivity contribution in [1.82, 2.24) is 4.98 Å². The molecule has 0 atom stereocenters. The fraction of sp³-hybridized carbons (Fsp3) is 0.167. The van der Waals surface area contributed by atoms with Crippen molar-refractivity contribution >= 4 is 46.1 Å². The topological polar surface area (TPSA) is 22.1 Å². The fourth-order valence-corrected chi connectivity index (χ4v) is 3.73. The summed E-state index contributed by atoms with van der Waals surface area (Å²) >= 11 is 19.9. The van der Waals surface area contributed by atoms with E-state index in [1.165, 1.54) is 0 Å². The van der Waals surface area contributed by atoms with E-state index in [2.05, 4.69) is 4.98 Å². The second kappa shape index (κ2) is 8.21. The number of alkyl halides is 1. The van der Waals surface area contributed by atoms with Gasteiger partial charge in [0, 0.05) is 22.4 Å². The summed E-state index contributed by atoms with van der Waals surface area (Å²) in [6, 6.07) is 13.7. The molecule has 2 nitrogen and oxygen atoms in total. The zero-order chi connectivity index (χ0) is 16.9. The lowest BCUT2D eigenvalue weighted by Gasteiger charge is -2.10. The number of ether oxygens (including phenoxy) is 1. The van der Waals surface area contributed by atoms with Crippen molar-refractivity contribution < 1.29 is 4.74 Å². The van der Waals surface area contributed by atoms with E-state index in [-0.39, 0.29) is 0 Å². The minimum Gasteiger partial charge on any atom is -0.490 e. The number of aromatic nitrogens is 1. The number of thiazole rings is 1. The quantitative estimate of drug-likeness (QED) is 0.337. The van der Waals surface area contributed by atoms with Gasteiger partial charge in [0.15, 0.2) is 5.75 Å². The molecule has 0 spiro atoms. The minimum atomic E-state index is 0.473. The molecule has 0 unspecified atom stereocenters. The maximum Gasteiger partial charge on any atom is 0.156 e. The van der Waals surface area contributed by atoms with E-state index in [1.54, 1.807) is 11.3 Å². The summed E-state index contributed by atoms with van der Waals surface area (Å²) in [6.07, 6.45) is 0.739. The predicted octanol–water partition coefficient (Wildman–Crippen LogP) is 6.79. The highest BCUT2D eigenvalue weighted by atomic mass is 35.5. The van der Waals surface area contributed by atoms with Gasteiger partial charge in [0.25, 0.3) is 0 Å². The van der Waals surface area contributed by atoms with Gasteiger partial charge in [0.1, 0.15) is 5.01 Å². The van der Waals surface area contributed by atoms with E-state index < -0.39 is 0 Å². The van der Waals surface area contributed by atoms with Gasteiger partial charge in [0.2, 0.25) is 0 Å². The molecule has 0 amide bonds. The molecule has 2 aromatic carbocycles. The highest BCUT2D eigenvalue weighted by Crippen LogP contribution is 2.38. The molecule has 0 radical (unpaired) electrons.